The van der Waals surface area contributed by atoms with Gasteiger partial charge in [0.1, 0.15) is 9.75 Å². The van der Waals surface area contributed by atoms with Gasteiger partial charge >= 0.3 is 5.97 Å². The molecular weight excluding hydrogens is 337 g/mol. The quantitative estimate of drug-likeness (QED) is 0.664. The van der Waals surface area contributed by atoms with Crippen molar-refractivity contribution in [1.82, 2.24) is 0 Å². The first-order valence-corrected chi connectivity index (χ1v) is 7.44. The Morgan fingerprint density at radius 2 is 1.81 bits per heavy atom. The molecule has 1 amide bonds. The molecule has 0 radical (unpaired) electrons. The molecule has 1 saturated carbocycles. The summed E-state index contributed by atoms with van der Waals surface area (Å²) in [6.45, 7) is 3.10. The average molecular weight is 351 g/mol. The number of benzene rings is 1. The number of rotatable bonds is 4. The van der Waals surface area contributed by atoms with Crippen LogP contribution in [0.5, 0.6) is 0 Å². The molecule has 2 atom stereocenters. The van der Waals surface area contributed by atoms with Gasteiger partial charge in [-0.25, -0.2) is 0 Å². The number of anilines is 1. The Labute approximate surface area is 137 Å². The second kappa shape index (κ2) is 5.67. The number of alkyl halides is 2. The Hall–Kier alpha value is -0.970. The third-order valence-corrected chi connectivity index (χ3v) is 4.83. The number of carbonyl (C=O) groups excluding carboxylic acids is 2. The second-order valence-electron chi connectivity index (χ2n) is 5.26. The van der Waals surface area contributed by atoms with E-state index in [1.165, 1.54) is 6.92 Å². The predicted molar refractivity (Wildman–Crippen MR) is 82.8 cm³/mol. The van der Waals surface area contributed by atoms with Crippen LogP contribution >= 0.6 is 34.8 Å². The minimum absolute atomic E-state index is 0.313. The van der Waals surface area contributed by atoms with Gasteiger partial charge in [-0.3, -0.25) is 9.59 Å². The van der Waals surface area contributed by atoms with Gasteiger partial charge in [-0.2, -0.15) is 0 Å². The number of carbonyl (C=O) groups is 2. The molecule has 2 rings (SSSR count). The summed E-state index contributed by atoms with van der Waals surface area (Å²) in [4.78, 5) is 23.9. The summed E-state index contributed by atoms with van der Waals surface area (Å²) in [7, 11) is 0. The molecule has 1 aliphatic rings. The Morgan fingerprint density at radius 1 is 1.29 bits per heavy atom. The van der Waals surface area contributed by atoms with Crippen LogP contribution in [0.3, 0.4) is 0 Å². The lowest BCUT2D eigenvalue weighted by molar-refractivity contribution is -0.158. The van der Waals surface area contributed by atoms with Crippen LogP contribution in [0.15, 0.2) is 24.3 Å². The first-order chi connectivity index (χ1) is 9.65. The fourth-order valence-electron chi connectivity index (χ4n) is 1.74. The zero-order valence-electron chi connectivity index (χ0n) is 11.5. The van der Waals surface area contributed by atoms with Crippen LogP contribution in [-0.2, 0) is 14.3 Å². The van der Waals surface area contributed by atoms with Gasteiger partial charge in [0.05, 0.1) is 0 Å². The number of halogens is 3. The highest BCUT2D eigenvalue weighted by atomic mass is 35.5. The molecule has 0 heterocycles. The molecule has 1 aromatic carbocycles. The molecule has 1 aromatic rings. The van der Waals surface area contributed by atoms with Crippen LogP contribution in [0.2, 0.25) is 5.02 Å². The van der Waals surface area contributed by atoms with Crippen molar-refractivity contribution in [3.05, 3.63) is 29.3 Å². The number of hydrogen-bond acceptors (Lipinski definition) is 3. The van der Waals surface area contributed by atoms with Gasteiger partial charge in [-0.15, -0.1) is 23.2 Å². The number of nitrogens with one attached hydrogen (secondary N) is 1. The van der Waals surface area contributed by atoms with Gasteiger partial charge in [-0.1, -0.05) is 11.6 Å². The molecule has 0 unspecified atom stereocenters. The minimum Gasteiger partial charge on any atom is -0.452 e. The Balaban J connectivity index is 1.91. The topological polar surface area (TPSA) is 55.4 Å². The summed E-state index contributed by atoms with van der Waals surface area (Å²) in [6, 6.07) is 6.60. The van der Waals surface area contributed by atoms with Crippen molar-refractivity contribution in [1.29, 1.82) is 0 Å². The maximum Gasteiger partial charge on any atom is 0.315 e. The summed E-state index contributed by atoms with van der Waals surface area (Å²) in [5.41, 5.74) is -0.390. The van der Waals surface area contributed by atoms with Crippen molar-refractivity contribution in [2.24, 2.45) is 5.41 Å². The van der Waals surface area contributed by atoms with Crippen molar-refractivity contribution >= 4 is 52.4 Å². The molecule has 0 saturated heterocycles. The number of ether oxygens (including phenoxy) is 1. The Bertz CT molecular complexity index is 573. The van der Waals surface area contributed by atoms with Crippen molar-refractivity contribution in [2.75, 3.05) is 5.32 Å². The maximum atomic E-state index is 12.0. The lowest BCUT2D eigenvalue weighted by atomic mass is 10.1. The standard InChI is InChI=1S/C14H14Cl3NO3/c1-8(21-12(20)13(2)7-14(13,16)17)11(19)18-10-5-3-9(15)4-6-10/h3-6,8H,7H2,1-2H3,(H,18,19)/t8-,13+/m1/s1. The molecule has 0 spiro atoms. The summed E-state index contributed by atoms with van der Waals surface area (Å²) >= 11 is 17.6. The highest BCUT2D eigenvalue weighted by molar-refractivity contribution is 6.53. The lowest BCUT2D eigenvalue weighted by Gasteiger charge is -2.17. The van der Waals surface area contributed by atoms with Crippen molar-refractivity contribution in [2.45, 2.75) is 30.7 Å². The molecule has 0 bridgehead atoms. The fourth-order valence-corrected chi connectivity index (χ4v) is 2.56. The van der Waals surface area contributed by atoms with E-state index in [0.717, 1.165) is 0 Å². The Kier molecular flexibility index (Phi) is 4.43. The van der Waals surface area contributed by atoms with Gasteiger partial charge in [0.25, 0.3) is 5.91 Å². The van der Waals surface area contributed by atoms with Crippen LogP contribution in [-0.4, -0.2) is 22.3 Å². The summed E-state index contributed by atoms with van der Waals surface area (Å²) in [5, 5.41) is 3.19. The van der Waals surface area contributed by atoms with Crippen molar-refractivity contribution < 1.29 is 14.3 Å². The van der Waals surface area contributed by atoms with Crippen LogP contribution in [0, 0.1) is 5.41 Å². The average Bonchev–Trinajstić information content (AvgIpc) is 2.92. The van der Waals surface area contributed by atoms with Gasteiger partial charge in [-0.05, 0) is 38.1 Å². The predicted octanol–water partition coefficient (Wildman–Crippen LogP) is 3.79. The summed E-state index contributed by atoms with van der Waals surface area (Å²) in [6.07, 6.45) is -0.636. The van der Waals surface area contributed by atoms with Gasteiger partial charge < -0.3 is 10.1 Å². The number of esters is 1. The summed E-state index contributed by atoms with van der Waals surface area (Å²) in [5.74, 6) is -1.02. The van der Waals surface area contributed by atoms with E-state index in [0.29, 0.717) is 17.1 Å². The van der Waals surface area contributed by atoms with Crippen LogP contribution in [0.25, 0.3) is 0 Å². The maximum absolute atomic E-state index is 12.0. The first kappa shape index (κ1) is 16.4. The van der Waals surface area contributed by atoms with Crippen molar-refractivity contribution in [3.8, 4) is 0 Å². The largest absolute Gasteiger partial charge is 0.452 e. The molecule has 0 aromatic heterocycles. The minimum atomic E-state index is -1.11. The Morgan fingerprint density at radius 3 is 2.29 bits per heavy atom. The van der Waals surface area contributed by atoms with Crippen LogP contribution in [0.4, 0.5) is 5.69 Å². The third-order valence-electron chi connectivity index (χ3n) is 3.47. The zero-order valence-corrected chi connectivity index (χ0v) is 13.7. The molecule has 4 nitrogen and oxygen atoms in total. The first-order valence-electron chi connectivity index (χ1n) is 6.31. The normalized spacial score (nSPS) is 24.0. The molecular formula is C14H14Cl3NO3. The number of hydrogen-bond donors (Lipinski definition) is 1. The highest BCUT2D eigenvalue weighted by Gasteiger charge is 2.69. The molecule has 1 fully saturated rings. The van der Waals surface area contributed by atoms with E-state index in [4.69, 9.17) is 39.5 Å². The summed E-state index contributed by atoms with van der Waals surface area (Å²) < 4.78 is 4.01. The fraction of sp³-hybridized carbons (Fsp3) is 0.429. The van der Waals surface area contributed by atoms with E-state index >= 15 is 0 Å². The molecule has 1 N–H and O–H groups in total. The molecule has 114 valence electrons. The van der Waals surface area contributed by atoms with Gasteiger partial charge in [0.15, 0.2) is 6.10 Å². The van der Waals surface area contributed by atoms with E-state index in [1.54, 1.807) is 31.2 Å². The highest BCUT2D eigenvalue weighted by Crippen LogP contribution is 2.64. The zero-order chi connectivity index (χ0) is 15.8. The monoisotopic (exact) mass is 349 g/mol. The van der Waals surface area contributed by atoms with E-state index in [1.807, 2.05) is 0 Å². The number of amides is 1. The lowest BCUT2D eigenvalue weighted by Crippen LogP contribution is -2.33. The molecule has 7 heteroatoms. The molecule has 0 aliphatic heterocycles. The molecule has 21 heavy (non-hydrogen) atoms. The van der Waals surface area contributed by atoms with Gasteiger partial charge in [0.2, 0.25) is 0 Å². The van der Waals surface area contributed by atoms with Crippen molar-refractivity contribution in [3.63, 3.8) is 0 Å². The van der Waals surface area contributed by atoms with Crippen LogP contribution in [0.1, 0.15) is 20.3 Å². The SMILES string of the molecule is C[C@@H](OC(=O)[C@]1(C)CC1(Cl)Cl)C(=O)Nc1ccc(Cl)cc1. The smallest absolute Gasteiger partial charge is 0.315 e. The second-order valence-corrected chi connectivity index (χ2v) is 7.18. The van der Waals surface area contributed by atoms with E-state index in [9.17, 15) is 9.59 Å². The van der Waals surface area contributed by atoms with Crippen LogP contribution < -0.4 is 5.32 Å². The third kappa shape index (κ3) is 3.44. The van der Waals surface area contributed by atoms with E-state index in [-0.39, 0.29) is 0 Å². The molecule has 1 aliphatic carbocycles. The van der Waals surface area contributed by atoms with E-state index < -0.39 is 27.7 Å². The van der Waals surface area contributed by atoms with E-state index in [2.05, 4.69) is 5.32 Å². The van der Waals surface area contributed by atoms with Gasteiger partial charge in [0, 0.05) is 17.1 Å².